The molecule has 1 amide bonds. The van der Waals surface area contributed by atoms with Crippen LogP contribution in [0.1, 0.15) is 23.6 Å². The Labute approximate surface area is 89.9 Å². The second-order valence-electron chi connectivity index (χ2n) is 3.92. The maximum Gasteiger partial charge on any atom is 0.221 e. The summed E-state index contributed by atoms with van der Waals surface area (Å²) in [5, 5.41) is 6.30. The van der Waals surface area contributed by atoms with E-state index in [1.807, 2.05) is 12.1 Å². The standard InChI is InChI=1S/C12H16N2O/c1-9-4-2-3-5-10(9)11-8-14-12(15)6-7-13-11/h2-5,11,13H,6-8H2,1H3,(H,14,15). The van der Waals surface area contributed by atoms with E-state index >= 15 is 0 Å². The zero-order valence-electron chi connectivity index (χ0n) is 8.92. The highest BCUT2D eigenvalue weighted by Crippen LogP contribution is 2.17. The molecule has 0 saturated carbocycles. The molecule has 2 N–H and O–H groups in total. The van der Waals surface area contributed by atoms with E-state index in [4.69, 9.17) is 0 Å². The van der Waals surface area contributed by atoms with Gasteiger partial charge in [0.05, 0.1) is 0 Å². The van der Waals surface area contributed by atoms with Gasteiger partial charge >= 0.3 is 0 Å². The maximum atomic E-state index is 11.2. The monoisotopic (exact) mass is 204 g/mol. The summed E-state index contributed by atoms with van der Waals surface area (Å²) in [5.41, 5.74) is 2.55. The Bertz CT molecular complexity index is 362. The molecule has 0 spiro atoms. The van der Waals surface area contributed by atoms with Gasteiger partial charge in [-0.1, -0.05) is 24.3 Å². The Hall–Kier alpha value is -1.35. The summed E-state index contributed by atoms with van der Waals surface area (Å²) in [4.78, 5) is 11.2. The summed E-state index contributed by atoms with van der Waals surface area (Å²) in [6.45, 7) is 3.54. The fourth-order valence-electron chi connectivity index (χ4n) is 1.93. The van der Waals surface area contributed by atoms with Gasteiger partial charge in [0.2, 0.25) is 5.91 Å². The van der Waals surface area contributed by atoms with Gasteiger partial charge in [0.25, 0.3) is 0 Å². The third kappa shape index (κ3) is 2.36. The van der Waals surface area contributed by atoms with Crippen LogP contribution >= 0.6 is 0 Å². The van der Waals surface area contributed by atoms with Crippen molar-refractivity contribution in [3.05, 3.63) is 35.4 Å². The molecule has 15 heavy (non-hydrogen) atoms. The second-order valence-corrected chi connectivity index (χ2v) is 3.92. The summed E-state index contributed by atoms with van der Waals surface area (Å²) in [5.74, 6) is 0.138. The lowest BCUT2D eigenvalue weighted by molar-refractivity contribution is -0.120. The number of amides is 1. The molecule has 0 radical (unpaired) electrons. The summed E-state index contributed by atoms with van der Waals surface area (Å²) in [6, 6.07) is 8.54. The Morgan fingerprint density at radius 2 is 2.13 bits per heavy atom. The number of rotatable bonds is 1. The average molecular weight is 204 g/mol. The number of hydrogen-bond donors (Lipinski definition) is 2. The third-order valence-electron chi connectivity index (χ3n) is 2.81. The van der Waals surface area contributed by atoms with Gasteiger partial charge in [-0.05, 0) is 18.1 Å². The van der Waals surface area contributed by atoms with E-state index < -0.39 is 0 Å². The lowest BCUT2D eigenvalue weighted by atomic mass is 10.0. The topological polar surface area (TPSA) is 41.1 Å². The molecule has 3 nitrogen and oxygen atoms in total. The molecule has 1 heterocycles. The smallest absolute Gasteiger partial charge is 0.221 e. The van der Waals surface area contributed by atoms with Gasteiger partial charge in [0.1, 0.15) is 0 Å². The quantitative estimate of drug-likeness (QED) is 0.720. The van der Waals surface area contributed by atoms with Crippen molar-refractivity contribution in [3.63, 3.8) is 0 Å². The molecule has 1 saturated heterocycles. The molecule has 2 rings (SSSR count). The lowest BCUT2D eigenvalue weighted by Gasteiger charge is -2.18. The fraction of sp³-hybridized carbons (Fsp3) is 0.417. The van der Waals surface area contributed by atoms with Crippen LogP contribution in [-0.4, -0.2) is 19.0 Å². The second kappa shape index (κ2) is 4.45. The Balaban J connectivity index is 2.16. The number of nitrogens with one attached hydrogen (secondary N) is 2. The van der Waals surface area contributed by atoms with Crippen LogP contribution in [-0.2, 0) is 4.79 Å². The molecule has 3 heteroatoms. The number of carbonyl (C=O) groups excluding carboxylic acids is 1. The van der Waals surface area contributed by atoms with Crippen LogP contribution in [0, 0.1) is 6.92 Å². The Morgan fingerprint density at radius 1 is 1.33 bits per heavy atom. The van der Waals surface area contributed by atoms with Crippen molar-refractivity contribution in [1.82, 2.24) is 10.6 Å². The van der Waals surface area contributed by atoms with E-state index in [9.17, 15) is 4.79 Å². The van der Waals surface area contributed by atoms with E-state index in [-0.39, 0.29) is 11.9 Å². The SMILES string of the molecule is Cc1ccccc1C1CNC(=O)CCN1. The average Bonchev–Trinajstić information content (AvgIpc) is 2.44. The normalized spacial score (nSPS) is 21.9. The van der Waals surface area contributed by atoms with Gasteiger partial charge < -0.3 is 10.6 Å². The van der Waals surface area contributed by atoms with E-state index in [1.165, 1.54) is 11.1 Å². The Morgan fingerprint density at radius 3 is 2.93 bits per heavy atom. The van der Waals surface area contributed by atoms with Crippen LogP contribution < -0.4 is 10.6 Å². The minimum atomic E-state index is 0.138. The molecule has 1 fully saturated rings. The maximum absolute atomic E-state index is 11.2. The van der Waals surface area contributed by atoms with Crippen molar-refractivity contribution < 1.29 is 4.79 Å². The van der Waals surface area contributed by atoms with E-state index in [1.54, 1.807) is 0 Å². The predicted octanol–water partition coefficient (Wildman–Crippen LogP) is 1.15. The van der Waals surface area contributed by atoms with Crippen LogP contribution in [0.5, 0.6) is 0 Å². The van der Waals surface area contributed by atoms with Crippen LogP contribution in [0.3, 0.4) is 0 Å². The number of benzene rings is 1. The van der Waals surface area contributed by atoms with Crippen molar-refractivity contribution in [2.75, 3.05) is 13.1 Å². The minimum Gasteiger partial charge on any atom is -0.354 e. The van der Waals surface area contributed by atoms with Crippen molar-refractivity contribution in [3.8, 4) is 0 Å². The van der Waals surface area contributed by atoms with Crippen LogP contribution in [0.4, 0.5) is 0 Å². The summed E-state index contributed by atoms with van der Waals surface area (Å²) in [6.07, 6.45) is 0.572. The highest BCUT2D eigenvalue weighted by atomic mass is 16.1. The first-order chi connectivity index (χ1) is 7.27. The molecule has 0 aromatic heterocycles. The molecule has 1 unspecified atom stereocenters. The van der Waals surface area contributed by atoms with Crippen molar-refractivity contribution >= 4 is 5.91 Å². The van der Waals surface area contributed by atoms with Gasteiger partial charge in [0.15, 0.2) is 0 Å². The van der Waals surface area contributed by atoms with E-state index in [0.29, 0.717) is 13.0 Å². The van der Waals surface area contributed by atoms with Crippen LogP contribution in [0.15, 0.2) is 24.3 Å². The Kier molecular flexibility index (Phi) is 3.02. The van der Waals surface area contributed by atoms with Gasteiger partial charge in [-0.25, -0.2) is 0 Å². The molecule has 1 atom stereocenters. The first-order valence-corrected chi connectivity index (χ1v) is 5.33. The zero-order valence-corrected chi connectivity index (χ0v) is 8.92. The molecule has 1 aliphatic rings. The highest BCUT2D eigenvalue weighted by Gasteiger charge is 2.17. The molecule has 80 valence electrons. The summed E-state index contributed by atoms with van der Waals surface area (Å²) < 4.78 is 0. The summed E-state index contributed by atoms with van der Waals surface area (Å²) in [7, 11) is 0. The minimum absolute atomic E-state index is 0.138. The number of carbonyl (C=O) groups is 1. The molecule has 1 aliphatic heterocycles. The van der Waals surface area contributed by atoms with Gasteiger partial charge in [-0.3, -0.25) is 4.79 Å². The molecular formula is C12H16N2O. The largest absolute Gasteiger partial charge is 0.354 e. The molecule has 1 aromatic rings. The number of hydrogen-bond acceptors (Lipinski definition) is 2. The van der Waals surface area contributed by atoms with E-state index in [2.05, 4.69) is 29.7 Å². The van der Waals surface area contributed by atoms with E-state index in [0.717, 1.165) is 6.54 Å². The number of aryl methyl sites for hydroxylation is 1. The molecular weight excluding hydrogens is 188 g/mol. The first kappa shape index (κ1) is 10.2. The predicted molar refractivity (Wildman–Crippen MR) is 59.5 cm³/mol. The molecule has 1 aromatic carbocycles. The van der Waals surface area contributed by atoms with Crippen LogP contribution in [0.2, 0.25) is 0 Å². The van der Waals surface area contributed by atoms with Crippen molar-refractivity contribution in [1.29, 1.82) is 0 Å². The van der Waals surface area contributed by atoms with Gasteiger partial charge in [-0.2, -0.15) is 0 Å². The molecule has 0 aliphatic carbocycles. The van der Waals surface area contributed by atoms with Crippen molar-refractivity contribution in [2.24, 2.45) is 0 Å². The molecule has 0 bridgehead atoms. The third-order valence-corrected chi connectivity index (χ3v) is 2.81. The van der Waals surface area contributed by atoms with Crippen molar-refractivity contribution in [2.45, 2.75) is 19.4 Å². The van der Waals surface area contributed by atoms with Gasteiger partial charge in [0, 0.05) is 25.6 Å². The van der Waals surface area contributed by atoms with Crippen LogP contribution in [0.25, 0.3) is 0 Å². The highest BCUT2D eigenvalue weighted by molar-refractivity contribution is 5.76. The summed E-state index contributed by atoms with van der Waals surface area (Å²) >= 11 is 0. The van der Waals surface area contributed by atoms with Gasteiger partial charge in [-0.15, -0.1) is 0 Å². The first-order valence-electron chi connectivity index (χ1n) is 5.33. The fourth-order valence-corrected chi connectivity index (χ4v) is 1.93. The lowest BCUT2D eigenvalue weighted by Crippen LogP contribution is -2.29. The zero-order chi connectivity index (χ0) is 10.7.